The van der Waals surface area contributed by atoms with E-state index in [0.29, 0.717) is 24.3 Å². The van der Waals surface area contributed by atoms with Crippen LogP contribution in [0, 0.1) is 18.6 Å². The summed E-state index contributed by atoms with van der Waals surface area (Å²) in [4.78, 5) is 20.4. The molecule has 3 heterocycles. The Labute approximate surface area is 253 Å². The van der Waals surface area contributed by atoms with Crippen LogP contribution in [-0.4, -0.2) is 54.5 Å². The number of aromatic nitrogens is 2. The van der Waals surface area contributed by atoms with Crippen LogP contribution in [0.2, 0.25) is 5.02 Å². The fourth-order valence-electron chi connectivity index (χ4n) is 5.87. The van der Waals surface area contributed by atoms with Crippen LogP contribution < -0.4 is 15.8 Å². The maximum absolute atomic E-state index is 17.2. The van der Waals surface area contributed by atoms with Gasteiger partial charge in [0.05, 0.1) is 33.2 Å². The van der Waals surface area contributed by atoms with Gasteiger partial charge < -0.3 is 15.3 Å². The molecule has 2 atom stereocenters. The van der Waals surface area contributed by atoms with E-state index in [1.54, 1.807) is 24.1 Å². The molecule has 0 unspecified atom stereocenters. The SMILES string of the molecule is Cc1ccnc(C(C)C)c1-n1c(=O)c(S(C)(=O)=O)c(N2C[C@@H](C)NC[C@@H]2C)c2cc(Cl)c(-c3c(O)cccc3F)c(F)c21. The first kappa shape index (κ1) is 30.9. The number of hydrogen-bond acceptors (Lipinski definition) is 7. The molecule has 1 fully saturated rings. The van der Waals surface area contributed by atoms with Gasteiger partial charge in [0.2, 0.25) is 0 Å². The third-order valence-electron chi connectivity index (χ3n) is 7.87. The van der Waals surface area contributed by atoms with E-state index in [1.165, 1.54) is 18.2 Å². The van der Waals surface area contributed by atoms with Crippen molar-refractivity contribution in [3.8, 4) is 22.6 Å². The predicted octanol–water partition coefficient (Wildman–Crippen LogP) is 5.71. The number of halogens is 3. The zero-order valence-corrected chi connectivity index (χ0v) is 26.2. The van der Waals surface area contributed by atoms with E-state index in [-0.39, 0.29) is 45.3 Å². The number of phenolic OH excluding ortho intramolecular Hbond substituents is 1. The van der Waals surface area contributed by atoms with Crippen LogP contribution in [0.25, 0.3) is 27.7 Å². The number of pyridine rings is 2. The summed E-state index contributed by atoms with van der Waals surface area (Å²) in [6, 6.07) is 6.17. The predicted molar refractivity (Wildman–Crippen MR) is 166 cm³/mol. The lowest BCUT2D eigenvalue weighted by Crippen LogP contribution is -2.55. The molecule has 4 aromatic rings. The number of anilines is 1. The van der Waals surface area contributed by atoms with Crippen molar-refractivity contribution in [1.29, 1.82) is 0 Å². The van der Waals surface area contributed by atoms with Gasteiger partial charge in [0.15, 0.2) is 20.5 Å². The summed E-state index contributed by atoms with van der Waals surface area (Å²) < 4.78 is 60.4. The van der Waals surface area contributed by atoms with E-state index in [1.807, 2.05) is 27.7 Å². The average molecular weight is 631 g/mol. The van der Waals surface area contributed by atoms with Crippen LogP contribution in [0.3, 0.4) is 0 Å². The minimum Gasteiger partial charge on any atom is -0.507 e. The Morgan fingerprint density at radius 2 is 1.84 bits per heavy atom. The molecule has 2 aromatic heterocycles. The normalized spacial score (nSPS) is 17.7. The lowest BCUT2D eigenvalue weighted by molar-refractivity contribution is 0.423. The van der Waals surface area contributed by atoms with Crippen molar-refractivity contribution < 1.29 is 22.3 Å². The molecule has 0 amide bonds. The van der Waals surface area contributed by atoms with E-state index in [9.17, 15) is 18.3 Å². The fourth-order valence-corrected chi connectivity index (χ4v) is 7.15. The number of benzene rings is 2. The molecule has 0 bridgehead atoms. The van der Waals surface area contributed by atoms with Gasteiger partial charge in [0, 0.05) is 48.6 Å². The molecule has 8 nitrogen and oxygen atoms in total. The highest BCUT2D eigenvalue weighted by Gasteiger charge is 2.36. The monoisotopic (exact) mass is 630 g/mol. The fraction of sp³-hybridized carbons (Fsp3) is 0.355. The molecule has 12 heteroatoms. The van der Waals surface area contributed by atoms with Crippen molar-refractivity contribution >= 4 is 38.0 Å². The molecule has 0 saturated carbocycles. The number of rotatable bonds is 5. The Hall–Kier alpha value is -3.54. The Balaban J connectivity index is 2.11. The number of aryl methyl sites for hydroxylation is 1. The van der Waals surface area contributed by atoms with E-state index in [2.05, 4.69) is 10.3 Å². The number of fused-ring (bicyclic) bond motifs is 1. The third kappa shape index (κ3) is 5.17. The van der Waals surface area contributed by atoms with Crippen molar-refractivity contribution in [2.75, 3.05) is 24.2 Å². The molecular weight excluding hydrogens is 598 g/mol. The van der Waals surface area contributed by atoms with Crippen molar-refractivity contribution in [2.45, 2.75) is 57.5 Å². The number of piperazine rings is 1. The topological polar surface area (TPSA) is 105 Å². The Morgan fingerprint density at radius 1 is 1.14 bits per heavy atom. The molecule has 43 heavy (non-hydrogen) atoms. The average Bonchev–Trinajstić information content (AvgIpc) is 2.91. The highest BCUT2D eigenvalue weighted by atomic mass is 35.5. The molecule has 1 saturated heterocycles. The first-order chi connectivity index (χ1) is 20.1. The van der Waals surface area contributed by atoms with Crippen molar-refractivity contribution in [1.82, 2.24) is 14.9 Å². The molecule has 228 valence electrons. The molecule has 0 aliphatic carbocycles. The second kappa shape index (κ2) is 11.2. The second-order valence-corrected chi connectivity index (χ2v) is 13.9. The van der Waals surface area contributed by atoms with Gasteiger partial charge in [-0.05, 0) is 56.5 Å². The number of aromatic hydroxyl groups is 1. The zero-order chi connectivity index (χ0) is 31.5. The molecule has 2 N–H and O–H groups in total. The number of sulfone groups is 1. The van der Waals surface area contributed by atoms with Gasteiger partial charge in [0.25, 0.3) is 5.56 Å². The molecule has 5 rings (SSSR count). The molecule has 0 spiro atoms. The van der Waals surface area contributed by atoms with Crippen LogP contribution in [0.5, 0.6) is 5.75 Å². The van der Waals surface area contributed by atoms with Crippen LogP contribution in [-0.2, 0) is 9.84 Å². The second-order valence-electron chi connectivity index (χ2n) is 11.5. The minimum atomic E-state index is -4.21. The van der Waals surface area contributed by atoms with Crippen molar-refractivity contribution in [3.05, 3.63) is 74.8 Å². The third-order valence-corrected chi connectivity index (χ3v) is 9.28. The van der Waals surface area contributed by atoms with Gasteiger partial charge in [-0.2, -0.15) is 0 Å². The molecule has 1 aliphatic rings. The number of hydrogen-bond donors (Lipinski definition) is 2. The van der Waals surface area contributed by atoms with E-state index in [4.69, 9.17) is 11.6 Å². The molecular formula is C31H33ClF2N4O4S. The highest BCUT2D eigenvalue weighted by molar-refractivity contribution is 7.90. The lowest BCUT2D eigenvalue weighted by atomic mass is 9.98. The van der Waals surface area contributed by atoms with Crippen LogP contribution >= 0.6 is 11.6 Å². The number of nitrogens with zero attached hydrogens (tertiary/aromatic N) is 3. The smallest absolute Gasteiger partial charge is 0.276 e. The number of nitrogens with one attached hydrogen (secondary N) is 1. The van der Waals surface area contributed by atoms with Gasteiger partial charge in [0.1, 0.15) is 11.6 Å². The summed E-state index contributed by atoms with van der Waals surface area (Å²) in [5.74, 6) is -2.80. The summed E-state index contributed by atoms with van der Waals surface area (Å²) in [6.07, 6.45) is 2.51. The summed E-state index contributed by atoms with van der Waals surface area (Å²) in [7, 11) is -4.21. The van der Waals surface area contributed by atoms with Crippen LogP contribution in [0.15, 0.2) is 46.2 Å². The van der Waals surface area contributed by atoms with Gasteiger partial charge in [-0.1, -0.05) is 31.5 Å². The van der Waals surface area contributed by atoms with Crippen LogP contribution in [0.4, 0.5) is 14.5 Å². The molecule has 2 aromatic carbocycles. The summed E-state index contributed by atoms with van der Waals surface area (Å²) in [5.41, 5.74) is -0.973. The van der Waals surface area contributed by atoms with Gasteiger partial charge in [-0.15, -0.1) is 0 Å². The van der Waals surface area contributed by atoms with E-state index >= 15 is 8.78 Å². The molecule has 0 radical (unpaired) electrons. The van der Waals surface area contributed by atoms with Crippen molar-refractivity contribution in [3.63, 3.8) is 0 Å². The van der Waals surface area contributed by atoms with E-state index in [0.717, 1.165) is 16.9 Å². The molecule has 1 aliphatic heterocycles. The quantitative estimate of drug-likeness (QED) is 0.291. The summed E-state index contributed by atoms with van der Waals surface area (Å²) in [5, 5.41) is 13.7. The van der Waals surface area contributed by atoms with Crippen LogP contribution in [0.1, 0.15) is 44.9 Å². The Kier molecular flexibility index (Phi) is 8.04. The first-order valence-corrected chi connectivity index (χ1v) is 16.2. The standard InChI is InChI=1S/C31H33ClF2N4O4S/c1-15(2)26-27(16(3)10-11-35-26)38-28-19(12-20(32)23(25(28)34)24-21(33)8-7-9-22(24)39)29(30(31(38)40)43(6,41)42)37-14-17(4)36-13-18(37)5/h7-12,15,17-18,36,39H,13-14H2,1-6H3/t17-,18+/m1/s1. The Bertz CT molecular complexity index is 1930. The summed E-state index contributed by atoms with van der Waals surface area (Å²) in [6.45, 7) is 10.0. The maximum Gasteiger partial charge on any atom is 0.276 e. The lowest BCUT2D eigenvalue weighted by Gasteiger charge is -2.40. The Morgan fingerprint density at radius 3 is 2.47 bits per heavy atom. The highest BCUT2D eigenvalue weighted by Crippen LogP contribution is 2.45. The van der Waals surface area contributed by atoms with Gasteiger partial charge >= 0.3 is 0 Å². The zero-order valence-electron chi connectivity index (χ0n) is 24.7. The number of phenols is 1. The van der Waals surface area contributed by atoms with Gasteiger partial charge in [-0.25, -0.2) is 17.2 Å². The van der Waals surface area contributed by atoms with Crippen molar-refractivity contribution in [2.24, 2.45) is 0 Å². The van der Waals surface area contributed by atoms with E-state index < -0.39 is 48.8 Å². The summed E-state index contributed by atoms with van der Waals surface area (Å²) >= 11 is 6.68. The first-order valence-electron chi connectivity index (χ1n) is 13.9. The van der Waals surface area contributed by atoms with Gasteiger partial charge in [-0.3, -0.25) is 14.3 Å². The largest absolute Gasteiger partial charge is 0.507 e. The minimum absolute atomic E-state index is 0.0253. The maximum atomic E-state index is 17.2.